The Labute approximate surface area is 398 Å². The topological polar surface area (TPSA) is 219 Å². The van der Waals surface area contributed by atoms with Crippen LogP contribution < -0.4 is 5.73 Å². The largest absolute Gasteiger partial charge is 0.461 e. The van der Waals surface area contributed by atoms with Crippen LogP contribution in [0.25, 0.3) is 0 Å². The number of hydrogen-bond donors (Lipinski definition) is 3. The summed E-state index contributed by atoms with van der Waals surface area (Å²) in [5.74, 6) is -5.66. The van der Waals surface area contributed by atoms with Gasteiger partial charge in [0.15, 0.2) is 5.78 Å². The predicted octanol–water partition coefficient (Wildman–Crippen LogP) is 6.18. The number of nitrogens with zero attached hydrogens (tertiary/aromatic N) is 5. The molecule has 374 valence electrons. The van der Waals surface area contributed by atoms with E-state index in [1.54, 1.807) is 31.7 Å². The van der Waals surface area contributed by atoms with Crippen LogP contribution >= 0.6 is 0 Å². The second kappa shape index (κ2) is 25.1. The van der Waals surface area contributed by atoms with Gasteiger partial charge in [-0.15, -0.1) is 5.10 Å². The highest BCUT2D eigenvalue weighted by Crippen LogP contribution is 2.39. The van der Waals surface area contributed by atoms with E-state index in [9.17, 15) is 29.4 Å². The Morgan fingerprint density at radius 1 is 0.896 bits per heavy atom. The summed E-state index contributed by atoms with van der Waals surface area (Å²) >= 11 is 0. The minimum absolute atomic E-state index is 0.0332. The average Bonchev–Trinajstić information content (AvgIpc) is 3.85. The van der Waals surface area contributed by atoms with E-state index < -0.39 is 77.8 Å². The number of ketones is 2. The number of aliphatic hydroxyl groups excluding tert-OH is 1. The number of esters is 1. The van der Waals surface area contributed by atoms with Gasteiger partial charge in [-0.2, -0.15) is 0 Å². The van der Waals surface area contributed by atoms with E-state index >= 15 is 0 Å². The van der Waals surface area contributed by atoms with E-state index in [0.717, 1.165) is 31.3 Å². The number of carbonyl (C=O) groups excluding carboxylic acids is 4. The Bertz CT molecular complexity index is 1920. The van der Waals surface area contributed by atoms with Gasteiger partial charge in [-0.25, -0.2) is 9.48 Å². The number of carbonyl (C=O) groups is 4. The molecule has 1 aliphatic carbocycles. The van der Waals surface area contributed by atoms with Crippen LogP contribution in [0.5, 0.6) is 0 Å². The molecule has 0 spiro atoms. The van der Waals surface area contributed by atoms with Gasteiger partial charge < -0.3 is 39.8 Å². The smallest absolute Gasteiger partial charge is 0.329 e. The van der Waals surface area contributed by atoms with Crippen molar-refractivity contribution in [1.29, 1.82) is 0 Å². The van der Waals surface area contributed by atoms with Crippen LogP contribution in [-0.2, 0) is 38.1 Å². The number of amides is 1. The molecule has 1 amide bonds. The highest BCUT2D eigenvalue weighted by Gasteiger charge is 2.53. The molecule has 67 heavy (non-hydrogen) atoms. The number of Topliss-reactive ketones (excluding diaryl/α,β-unsaturated/α-hetero) is 2. The third kappa shape index (κ3) is 14.1. The van der Waals surface area contributed by atoms with Gasteiger partial charge in [0.05, 0.1) is 18.2 Å². The fourth-order valence-electron chi connectivity index (χ4n) is 10.7. The van der Waals surface area contributed by atoms with E-state index in [0.29, 0.717) is 75.2 Å². The van der Waals surface area contributed by atoms with Crippen molar-refractivity contribution in [2.24, 2.45) is 41.2 Å². The van der Waals surface area contributed by atoms with Crippen molar-refractivity contribution in [3.8, 4) is 0 Å². The van der Waals surface area contributed by atoms with Gasteiger partial charge in [-0.3, -0.25) is 14.4 Å². The van der Waals surface area contributed by atoms with Gasteiger partial charge in [-0.05, 0) is 136 Å². The number of hydrogen-bond acceptors (Lipinski definition) is 14. The zero-order valence-electron chi connectivity index (χ0n) is 41.5. The molecule has 3 aliphatic heterocycles. The number of allylic oxidation sites excluding steroid dienone is 6. The van der Waals surface area contributed by atoms with Gasteiger partial charge in [0, 0.05) is 45.1 Å². The molecule has 4 heterocycles. The molecule has 2 bridgehead atoms. The summed E-state index contributed by atoms with van der Waals surface area (Å²) in [5, 5.41) is 35.4. The number of rotatable bonds is 6. The molecule has 16 heteroatoms. The molecular weight excluding hydrogens is 857 g/mol. The summed E-state index contributed by atoms with van der Waals surface area (Å²) < 4.78 is 25.8. The van der Waals surface area contributed by atoms with E-state index in [2.05, 4.69) is 29.4 Å². The number of aliphatic hydroxyl groups is 2. The molecule has 1 aromatic heterocycles. The number of nitrogens with two attached hydrogens (primary N) is 1. The minimum atomic E-state index is -2.42. The zero-order chi connectivity index (χ0) is 49.0. The predicted molar refractivity (Wildman–Crippen MR) is 253 cm³/mol. The van der Waals surface area contributed by atoms with Crippen LogP contribution in [0, 0.1) is 35.5 Å². The maximum absolute atomic E-state index is 14.4. The first kappa shape index (κ1) is 54.0. The van der Waals surface area contributed by atoms with Crippen molar-refractivity contribution in [2.45, 2.75) is 186 Å². The van der Waals surface area contributed by atoms with Crippen LogP contribution in [0.3, 0.4) is 0 Å². The van der Waals surface area contributed by atoms with Crippen LogP contribution in [0.15, 0.2) is 53.9 Å². The van der Waals surface area contributed by atoms with E-state index in [-0.39, 0.29) is 30.3 Å². The Hall–Kier alpha value is -3.93. The van der Waals surface area contributed by atoms with E-state index in [1.807, 2.05) is 51.2 Å². The van der Waals surface area contributed by atoms with Gasteiger partial charge in [-0.1, -0.05) is 71.1 Å². The molecule has 2 saturated heterocycles. The fraction of sp³-hybridized carbons (Fsp3) is 0.745. The zero-order valence-corrected chi connectivity index (χ0v) is 41.5. The lowest BCUT2D eigenvalue weighted by Gasteiger charge is -2.43. The number of methoxy groups -OCH3 is 2. The molecule has 5 rings (SSSR count). The van der Waals surface area contributed by atoms with E-state index in [4.69, 9.17) is 24.7 Å². The number of tetrazole rings is 1. The highest BCUT2D eigenvalue weighted by molar-refractivity contribution is 6.39. The number of piperidine rings is 1. The Morgan fingerprint density at radius 3 is 2.36 bits per heavy atom. The summed E-state index contributed by atoms with van der Waals surface area (Å²) in [4.78, 5) is 58.2. The third-order valence-electron chi connectivity index (χ3n) is 15.1. The van der Waals surface area contributed by atoms with Crippen LogP contribution in [0.1, 0.15) is 138 Å². The number of fused-ring (bicyclic) bond motifs is 3. The minimum Gasteiger partial charge on any atom is -0.461 e. The summed E-state index contributed by atoms with van der Waals surface area (Å²) in [6.45, 7) is 13.7. The van der Waals surface area contributed by atoms with Crippen LogP contribution in [0.4, 0.5) is 0 Å². The lowest BCUT2D eigenvalue weighted by atomic mass is 9.76. The molecule has 0 aromatic carbocycles. The van der Waals surface area contributed by atoms with Crippen LogP contribution in [-0.4, -0.2) is 128 Å². The third-order valence-corrected chi connectivity index (χ3v) is 15.1. The monoisotopic (exact) mass is 937 g/mol. The van der Waals surface area contributed by atoms with Gasteiger partial charge in [0.25, 0.3) is 11.7 Å². The highest BCUT2D eigenvalue weighted by atomic mass is 16.6. The molecule has 16 nitrogen and oxygen atoms in total. The molecular formula is C51H80N6O10. The molecule has 1 saturated carbocycles. The number of cyclic esters (lactones) is 1. The Balaban J connectivity index is 1.47. The maximum Gasteiger partial charge on any atom is 0.329 e. The Morgan fingerprint density at radius 2 is 1.66 bits per heavy atom. The molecule has 15 atom stereocenters. The van der Waals surface area contributed by atoms with Crippen molar-refractivity contribution >= 4 is 23.4 Å². The summed E-state index contributed by atoms with van der Waals surface area (Å²) in [5.41, 5.74) is 8.09. The molecule has 1 aromatic rings. The average molecular weight is 937 g/mol. The second-order valence-electron chi connectivity index (χ2n) is 20.4. The Kier molecular flexibility index (Phi) is 20.2. The maximum atomic E-state index is 14.4. The fourth-order valence-corrected chi connectivity index (χ4v) is 10.7. The second-order valence-corrected chi connectivity index (χ2v) is 20.4. The molecule has 4 N–H and O–H groups in total. The number of ether oxygens (including phenoxy) is 4. The van der Waals surface area contributed by atoms with Gasteiger partial charge in [0.2, 0.25) is 5.79 Å². The normalized spacial score (nSPS) is 39.5. The first-order valence-corrected chi connectivity index (χ1v) is 24.8. The molecule has 4 aliphatic rings. The van der Waals surface area contributed by atoms with Gasteiger partial charge in [0.1, 0.15) is 30.7 Å². The SMILES string of the molecule is COC1CC(C[C@@H](C)[C@@H]2CC[C@H](N)/C=C(\C)C(O)[C@@H](OC)C(=O)C(C)C[C@H](C)/C=C/C=C/C=C(\C)[C@@H](n3cnnn3)CC3CCC(C)C(O)(O3)C(=O)C(=O)N3CCCCC3C(=O)O2)CC[C@H]1C. The molecule has 3 fully saturated rings. The quantitative estimate of drug-likeness (QED) is 0.165. The van der Waals surface area contributed by atoms with Crippen molar-refractivity contribution in [1.82, 2.24) is 25.1 Å². The van der Waals surface area contributed by atoms with Crippen molar-refractivity contribution < 1.29 is 48.3 Å². The lowest BCUT2D eigenvalue weighted by Crippen LogP contribution is -2.60. The first-order chi connectivity index (χ1) is 31.9. The lowest BCUT2D eigenvalue weighted by molar-refractivity contribution is -0.264. The van der Waals surface area contributed by atoms with Crippen molar-refractivity contribution in [3.05, 3.63) is 53.9 Å². The van der Waals surface area contributed by atoms with Gasteiger partial charge >= 0.3 is 5.97 Å². The number of aromatic nitrogens is 4. The van der Waals surface area contributed by atoms with Crippen molar-refractivity contribution in [3.63, 3.8) is 0 Å². The molecule has 0 radical (unpaired) electrons. The van der Waals surface area contributed by atoms with Crippen LogP contribution in [0.2, 0.25) is 0 Å². The summed E-state index contributed by atoms with van der Waals surface area (Å²) in [6.07, 6.45) is 17.3. The first-order valence-electron chi connectivity index (χ1n) is 24.8. The molecule has 8 unspecified atom stereocenters. The standard InChI is InChI=1S/C51H80N6O10/c1-31-15-11-10-12-16-32(2)42(57-30-53-54-55-57)29-40-22-19-37(7)51(63,67-40)48(60)49(61)56-24-14-13-17-41(56)50(62)66-43(34(4)26-38-20-18-33(3)44(28-38)64-8)23-21-39(52)27-36(6)46(59)47(65-9)45(58)35(5)25-31/h10-12,15-16,27,30-31,33-35,37-44,46-47,59,63H,13-14,17-26,28-29,52H2,1-9H3/b12-10+,15-11+,32-16+,36-27+/t31-,33-,34-,35?,37?,38?,39+,40?,41?,42+,43+,44?,46?,47+,51?/m1/s1. The summed E-state index contributed by atoms with van der Waals surface area (Å²) in [7, 11) is 3.17. The van der Waals surface area contributed by atoms with E-state index in [1.165, 1.54) is 18.3 Å². The summed E-state index contributed by atoms with van der Waals surface area (Å²) in [6, 6.07) is -2.00. The van der Waals surface area contributed by atoms with Crippen molar-refractivity contribution in [2.75, 3.05) is 20.8 Å².